The van der Waals surface area contributed by atoms with Crippen LogP contribution in [0.4, 0.5) is 0 Å². The third-order valence-corrected chi connectivity index (χ3v) is 10.8. The van der Waals surface area contributed by atoms with Gasteiger partial charge in [0.2, 0.25) is 5.89 Å². The number of halogens is 1. The van der Waals surface area contributed by atoms with Gasteiger partial charge in [0.15, 0.2) is 12.1 Å². The Kier molecular flexibility index (Phi) is 7.01. The van der Waals surface area contributed by atoms with Crippen LogP contribution in [0.25, 0.3) is 11.1 Å². The normalized spacial score (nSPS) is 13.4. The highest BCUT2D eigenvalue weighted by Gasteiger charge is 2.40. The smallest absolute Gasteiger partial charge is 0.223 e. The molecule has 3 rings (SSSR count). The highest BCUT2D eigenvalue weighted by atomic mass is 127. The molecule has 0 spiro atoms. The minimum Gasteiger partial charge on any atom is -0.432 e. The summed E-state index contributed by atoms with van der Waals surface area (Å²) >= 11 is 2.16. The van der Waals surface area contributed by atoms with Crippen molar-refractivity contribution in [2.24, 2.45) is 0 Å². The molecule has 3 nitrogen and oxygen atoms in total. The molecule has 3 aromatic rings. The van der Waals surface area contributed by atoms with Gasteiger partial charge in [-0.25, -0.2) is 4.98 Å². The van der Waals surface area contributed by atoms with Crippen LogP contribution >= 0.6 is 22.6 Å². The van der Waals surface area contributed by atoms with E-state index in [1.165, 1.54) is 16.7 Å². The molecule has 5 heteroatoms. The molecule has 0 bridgehead atoms. The zero-order chi connectivity index (χ0) is 21.1. The van der Waals surface area contributed by atoms with Crippen LogP contribution in [0.2, 0.25) is 18.1 Å². The van der Waals surface area contributed by atoms with Crippen LogP contribution in [0.3, 0.4) is 0 Å². The van der Waals surface area contributed by atoms with E-state index in [1.807, 2.05) is 6.07 Å². The second kappa shape index (κ2) is 9.14. The molecule has 0 radical (unpaired) electrons. The molecule has 154 valence electrons. The van der Waals surface area contributed by atoms with Crippen molar-refractivity contribution in [1.82, 2.24) is 4.98 Å². The first-order valence-electron chi connectivity index (χ1n) is 10.1. The van der Waals surface area contributed by atoms with Gasteiger partial charge in [0.05, 0.1) is 6.20 Å². The third kappa shape index (κ3) is 5.80. The molecule has 0 fully saturated rings. The lowest BCUT2D eigenvalue weighted by Gasteiger charge is -2.38. The third-order valence-electron chi connectivity index (χ3n) is 5.77. The lowest BCUT2D eigenvalue weighted by molar-refractivity contribution is 0.140. The number of nitrogens with zero attached hydrogens (tertiary/aromatic N) is 1. The van der Waals surface area contributed by atoms with E-state index in [9.17, 15) is 0 Å². The van der Waals surface area contributed by atoms with Gasteiger partial charge in [-0.15, -0.1) is 0 Å². The van der Waals surface area contributed by atoms with E-state index < -0.39 is 8.32 Å². The molecule has 0 aliphatic rings. The number of oxazole rings is 1. The maximum Gasteiger partial charge on any atom is 0.223 e. The summed E-state index contributed by atoms with van der Waals surface area (Å²) in [5, 5.41) is 0.141. The van der Waals surface area contributed by atoms with Gasteiger partial charge in [0, 0.05) is 22.6 Å². The van der Waals surface area contributed by atoms with Crippen LogP contribution in [-0.4, -0.2) is 13.3 Å². The molecule has 1 unspecified atom stereocenters. The Labute approximate surface area is 189 Å². The summed E-state index contributed by atoms with van der Waals surface area (Å²) in [6, 6.07) is 19.3. The average molecular weight is 519 g/mol. The summed E-state index contributed by atoms with van der Waals surface area (Å²) in [6.45, 7) is 11.3. The topological polar surface area (TPSA) is 35.3 Å². The molecular formula is C24H30INO2Si. The molecule has 0 saturated carbocycles. The van der Waals surface area contributed by atoms with Gasteiger partial charge in [0.1, 0.15) is 6.10 Å². The zero-order valence-corrected chi connectivity index (χ0v) is 21.1. The van der Waals surface area contributed by atoms with Gasteiger partial charge >= 0.3 is 0 Å². The first-order valence-corrected chi connectivity index (χ1v) is 14.1. The first-order chi connectivity index (χ1) is 13.7. The van der Waals surface area contributed by atoms with Crippen LogP contribution < -0.4 is 0 Å². The number of hydrogen-bond acceptors (Lipinski definition) is 3. The van der Waals surface area contributed by atoms with Crippen LogP contribution in [-0.2, 0) is 10.8 Å². The summed E-state index contributed by atoms with van der Waals surface area (Å²) in [6.07, 6.45) is 3.43. The highest BCUT2D eigenvalue weighted by Crippen LogP contribution is 2.40. The van der Waals surface area contributed by atoms with Crippen LogP contribution in [0.15, 0.2) is 65.2 Å². The predicted octanol–water partition coefficient (Wildman–Crippen LogP) is 7.64. The van der Waals surface area contributed by atoms with Crippen molar-refractivity contribution in [1.29, 1.82) is 0 Å². The molecule has 0 aliphatic carbocycles. The van der Waals surface area contributed by atoms with E-state index >= 15 is 0 Å². The lowest BCUT2D eigenvalue weighted by atomic mass is 10.0. The van der Waals surface area contributed by atoms with Gasteiger partial charge in [-0.3, -0.25) is 0 Å². The van der Waals surface area contributed by atoms with Crippen LogP contribution in [0.1, 0.15) is 44.8 Å². The van der Waals surface area contributed by atoms with Gasteiger partial charge in [-0.05, 0) is 47.7 Å². The van der Waals surface area contributed by atoms with Crippen LogP contribution in [0.5, 0.6) is 0 Å². The Hall–Kier alpha value is -1.44. The number of aryl methyl sites for hydroxylation is 1. The Balaban J connectivity index is 1.73. The van der Waals surface area contributed by atoms with Crippen molar-refractivity contribution in [3.05, 3.63) is 76.0 Å². The number of aromatic nitrogens is 1. The average Bonchev–Trinajstić information content (AvgIpc) is 3.11. The summed E-state index contributed by atoms with van der Waals surface area (Å²) in [4.78, 5) is 4.47. The SMILES string of the molecule is CC(C)(C)[Si](C)(C)OC(CCc1ccc(-c2ccccc2)cc1)c1ncc(I)o1. The lowest BCUT2D eigenvalue weighted by Crippen LogP contribution is -2.42. The molecule has 29 heavy (non-hydrogen) atoms. The monoisotopic (exact) mass is 519 g/mol. The fourth-order valence-electron chi connectivity index (χ4n) is 2.97. The molecule has 0 saturated heterocycles. The Morgan fingerprint density at radius 3 is 2.17 bits per heavy atom. The summed E-state index contributed by atoms with van der Waals surface area (Å²) < 4.78 is 13.3. The Bertz CT molecular complexity index is 914. The zero-order valence-electron chi connectivity index (χ0n) is 17.9. The molecule has 1 aromatic heterocycles. The first kappa shape index (κ1) is 22.2. The van der Waals surface area contributed by atoms with E-state index in [4.69, 9.17) is 8.84 Å². The minimum absolute atomic E-state index is 0.117. The van der Waals surface area contributed by atoms with E-state index in [2.05, 4.69) is 110 Å². The Morgan fingerprint density at radius 1 is 1.00 bits per heavy atom. The molecule has 2 aromatic carbocycles. The molecule has 1 heterocycles. The van der Waals surface area contributed by atoms with Crippen molar-refractivity contribution >= 4 is 30.9 Å². The second-order valence-corrected chi connectivity index (χ2v) is 14.8. The van der Waals surface area contributed by atoms with E-state index in [-0.39, 0.29) is 11.1 Å². The van der Waals surface area contributed by atoms with Crippen molar-refractivity contribution in [3.8, 4) is 11.1 Å². The number of benzene rings is 2. The van der Waals surface area contributed by atoms with Crippen molar-refractivity contribution in [2.45, 2.75) is 57.8 Å². The van der Waals surface area contributed by atoms with Gasteiger partial charge in [-0.1, -0.05) is 75.4 Å². The van der Waals surface area contributed by atoms with Crippen molar-refractivity contribution in [3.63, 3.8) is 0 Å². The van der Waals surface area contributed by atoms with Crippen molar-refractivity contribution in [2.75, 3.05) is 0 Å². The van der Waals surface area contributed by atoms with Crippen LogP contribution in [0, 0.1) is 3.77 Å². The molecular weight excluding hydrogens is 489 g/mol. The Morgan fingerprint density at radius 2 is 1.62 bits per heavy atom. The second-order valence-electron chi connectivity index (χ2n) is 8.97. The van der Waals surface area contributed by atoms with Crippen molar-refractivity contribution < 1.29 is 8.84 Å². The van der Waals surface area contributed by atoms with Gasteiger partial charge < -0.3 is 8.84 Å². The number of rotatable bonds is 7. The van der Waals surface area contributed by atoms with Gasteiger partial charge in [-0.2, -0.15) is 0 Å². The summed E-state index contributed by atoms with van der Waals surface area (Å²) in [5.74, 6) is 0.695. The molecule has 1 atom stereocenters. The highest BCUT2D eigenvalue weighted by molar-refractivity contribution is 14.1. The number of hydrogen-bond donors (Lipinski definition) is 0. The van der Waals surface area contributed by atoms with Gasteiger partial charge in [0.25, 0.3) is 0 Å². The minimum atomic E-state index is -1.94. The maximum atomic E-state index is 6.70. The quantitative estimate of drug-likeness (QED) is 0.238. The van der Waals surface area contributed by atoms with E-state index in [1.54, 1.807) is 6.20 Å². The molecule has 0 N–H and O–H groups in total. The standard InChI is InChI=1S/C24H30INO2Si/c1-24(2,3)29(4,5)28-21(23-26-17-22(25)27-23)16-13-18-11-14-20(15-12-18)19-9-7-6-8-10-19/h6-12,14-15,17,21H,13,16H2,1-5H3. The summed E-state index contributed by atoms with van der Waals surface area (Å²) in [7, 11) is -1.94. The fourth-order valence-corrected chi connectivity index (χ4v) is 4.62. The fraction of sp³-hybridized carbons (Fsp3) is 0.375. The maximum absolute atomic E-state index is 6.70. The largest absolute Gasteiger partial charge is 0.432 e. The summed E-state index contributed by atoms with van der Waals surface area (Å²) in [5.41, 5.74) is 3.79. The molecule has 0 aliphatic heterocycles. The van der Waals surface area contributed by atoms with E-state index in [0.717, 1.165) is 16.6 Å². The molecule has 0 amide bonds. The predicted molar refractivity (Wildman–Crippen MR) is 130 cm³/mol. The van der Waals surface area contributed by atoms with E-state index in [0.29, 0.717) is 5.89 Å².